The van der Waals surface area contributed by atoms with Crippen LogP contribution in [0.5, 0.6) is 34.5 Å². The Morgan fingerprint density at radius 1 is 0.970 bits per heavy atom. The molecule has 0 bridgehead atoms. The summed E-state index contributed by atoms with van der Waals surface area (Å²) in [6.45, 7) is 1.30. The van der Waals surface area contributed by atoms with Gasteiger partial charge in [-0.2, -0.15) is 0 Å². The number of rotatable bonds is 5. The van der Waals surface area contributed by atoms with Gasteiger partial charge in [0.1, 0.15) is 11.7 Å². The first-order valence-electron chi connectivity index (χ1n) is 10.2. The minimum Gasteiger partial charge on any atom is -0.493 e. The predicted molar refractivity (Wildman–Crippen MR) is 110 cm³/mol. The van der Waals surface area contributed by atoms with Gasteiger partial charge in [0.15, 0.2) is 29.6 Å². The Balaban J connectivity index is 1.74. The first-order chi connectivity index (χ1) is 15.9. The Labute approximate surface area is 189 Å². The van der Waals surface area contributed by atoms with Gasteiger partial charge < -0.3 is 37.9 Å². The van der Waals surface area contributed by atoms with Gasteiger partial charge in [0.2, 0.25) is 12.5 Å². The molecule has 0 amide bonds. The van der Waals surface area contributed by atoms with Gasteiger partial charge in [-0.3, -0.25) is 9.59 Å². The van der Waals surface area contributed by atoms with Crippen LogP contribution in [-0.2, 0) is 19.1 Å². The van der Waals surface area contributed by atoms with Crippen molar-refractivity contribution in [3.05, 3.63) is 35.4 Å². The second-order valence-corrected chi connectivity index (χ2v) is 7.77. The van der Waals surface area contributed by atoms with Crippen LogP contribution in [0.2, 0.25) is 0 Å². The van der Waals surface area contributed by atoms with Crippen molar-refractivity contribution in [2.75, 3.05) is 34.7 Å². The molecule has 2 aromatic carbocycles. The predicted octanol–water partition coefficient (Wildman–Crippen LogP) is 2.40. The molecule has 0 saturated carbocycles. The largest absolute Gasteiger partial charge is 0.493 e. The SMILES string of the molecule is COc1cc([C@H]2c3cc4c(cc3OC3(OC)COC(=O)[C@@H]23)OCO4)cc(OC)c1OC(C)=O. The molecule has 0 aromatic heterocycles. The van der Waals surface area contributed by atoms with Gasteiger partial charge in [-0.15, -0.1) is 0 Å². The summed E-state index contributed by atoms with van der Waals surface area (Å²) in [6, 6.07) is 6.88. The minimum absolute atomic E-state index is 0.0722. The second kappa shape index (κ2) is 7.73. The molecule has 174 valence electrons. The standard InChI is InChI=1S/C23H22O10/c1-11(24)32-21-17(26-2)5-12(6-18(21)27-3)19-13-7-15-16(31-10-30-15)8-14(13)33-23(28-4)9-29-22(25)20(19)23/h5-8,19-20H,9-10H2,1-4H3/t19-,20+,23?/m0/s1. The smallest absolute Gasteiger partial charge is 0.317 e. The molecule has 3 heterocycles. The van der Waals surface area contributed by atoms with Crippen molar-refractivity contribution in [3.63, 3.8) is 0 Å². The van der Waals surface area contributed by atoms with E-state index in [-0.39, 0.29) is 30.6 Å². The summed E-state index contributed by atoms with van der Waals surface area (Å²) in [5, 5.41) is 0. The van der Waals surface area contributed by atoms with Gasteiger partial charge >= 0.3 is 11.9 Å². The van der Waals surface area contributed by atoms with E-state index in [0.717, 1.165) is 0 Å². The Morgan fingerprint density at radius 2 is 1.64 bits per heavy atom. The van der Waals surface area contributed by atoms with Gasteiger partial charge in [-0.05, 0) is 23.8 Å². The number of ether oxygens (including phenoxy) is 8. The van der Waals surface area contributed by atoms with Crippen LogP contribution in [0.3, 0.4) is 0 Å². The third kappa shape index (κ3) is 3.20. The van der Waals surface area contributed by atoms with E-state index >= 15 is 0 Å². The molecule has 0 N–H and O–H groups in total. The molecule has 10 nitrogen and oxygen atoms in total. The molecule has 3 aliphatic heterocycles. The lowest BCUT2D eigenvalue weighted by molar-refractivity contribution is -0.195. The van der Waals surface area contributed by atoms with Crippen molar-refractivity contribution < 1.29 is 47.5 Å². The highest BCUT2D eigenvalue weighted by Crippen LogP contribution is 2.56. The number of benzene rings is 2. The number of carbonyl (C=O) groups is 2. The molecule has 3 aliphatic rings. The average Bonchev–Trinajstić information content (AvgIpc) is 3.40. The first kappa shape index (κ1) is 21.2. The Kier molecular flexibility index (Phi) is 4.97. The van der Waals surface area contributed by atoms with E-state index in [9.17, 15) is 9.59 Å². The van der Waals surface area contributed by atoms with Crippen LogP contribution in [0.1, 0.15) is 24.0 Å². The average molecular weight is 458 g/mol. The molecule has 0 aliphatic carbocycles. The second-order valence-electron chi connectivity index (χ2n) is 7.77. The maximum Gasteiger partial charge on any atom is 0.317 e. The van der Waals surface area contributed by atoms with Crippen LogP contribution >= 0.6 is 0 Å². The summed E-state index contributed by atoms with van der Waals surface area (Å²) in [4.78, 5) is 24.6. The van der Waals surface area contributed by atoms with Gasteiger partial charge in [-0.25, -0.2) is 0 Å². The summed E-state index contributed by atoms with van der Waals surface area (Å²) in [5.74, 6) is -1.52. The monoisotopic (exact) mass is 458 g/mol. The van der Waals surface area contributed by atoms with E-state index in [0.29, 0.717) is 28.4 Å². The van der Waals surface area contributed by atoms with Crippen molar-refractivity contribution in [1.29, 1.82) is 0 Å². The highest BCUT2D eigenvalue weighted by atomic mass is 16.7. The van der Waals surface area contributed by atoms with Gasteiger partial charge in [0.25, 0.3) is 5.79 Å². The first-order valence-corrected chi connectivity index (χ1v) is 10.2. The molecule has 10 heteroatoms. The summed E-state index contributed by atoms with van der Waals surface area (Å²) < 4.78 is 44.7. The van der Waals surface area contributed by atoms with E-state index in [1.165, 1.54) is 28.3 Å². The van der Waals surface area contributed by atoms with Crippen LogP contribution in [0.4, 0.5) is 0 Å². The third-order valence-electron chi connectivity index (χ3n) is 6.03. The lowest BCUT2D eigenvalue weighted by Crippen LogP contribution is -2.51. The summed E-state index contributed by atoms with van der Waals surface area (Å²) >= 11 is 0. The number of hydrogen-bond acceptors (Lipinski definition) is 10. The molecule has 1 saturated heterocycles. The fourth-order valence-electron chi connectivity index (χ4n) is 4.57. The van der Waals surface area contributed by atoms with Crippen LogP contribution in [-0.4, -0.2) is 52.5 Å². The van der Waals surface area contributed by atoms with E-state index in [2.05, 4.69) is 0 Å². The van der Waals surface area contributed by atoms with Crippen LogP contribution in [0, 0.1) is 5.92 Å². The van der Waals surface area contributed by atoms with Crippen LogP contribution < -0.4 is 28.4 Å². The van der Waals surface area contributed by atoms with Crippen molar-refractivity contribution in [2.45, 2.75) is 18.6 Å². The minimum atomic E-state index is -1.34. The fourth-order valence-corrected chi connectivity index (χ4v) is 4.57. The van der Waals surface area contributed by atoms with Gasteiger partial charge in [0.05, 0.1) is 14.2 Å². The maximum absolute atomic E-state index is 13.0. The summed E-state index contributed by atoms with van der Waals surface area (Å²) in [7, 11) is 4.37. The molecule has 0 radical (unpaired) electrons. The third-order valence-corrected chi connectivity index (χ3v) is 6.03. The van der Waals surface area contributed by atoms with Crippen LogP contribution in [0.15, 0.2) is 24.3 Å². The highest BCUT2D eigenvalue weighted by molar-refractivity contribution is 5.80. The molecule has 3 atom stereocenters. The lowest BCUT2D eigenvalue weighted by atomic mass is 9.75. The highest BCUT2D eigenvalue weighted by Gasteiger charge is 2.61. The number of esters is 2. The summed E-state index contributed by atoms with van der Waals surface area (Å²) in [5.41, 5.74) is 1.33. The van der Waals surface area contributed by atoms with E-state index in [1.807, 2.05) is 0 Å². The zero-order valence-corrected chi connectivity index (χ0v) is 18.5. The molecular weight excluding hydrogens is 436 g/mol. The maximum atomic E-state index is 13.0. The molecule has 2 aromatic rings. The van der Waals surface area contributed by atoms with Crippen molar-refractivity contribution in [3.8, 4) is 34.5 Å². The number of fused-ring (bicyclic) bond motifs is 3. The molecule has 33 heavy (non-hydrogen) atoms. The normalized spacial score (nSPS) is 24.3. The molecular formula is C23H22O10. The van der Waals surface area contributed by atoms with Crippen molar-refractivity contribution >= 4 is 11.9 Å². The molecule has 5 rings (SSSR count). The Bertz CT molecular complexity index is 1120. The molecule has 1 fully saturated rings. The fraction of sp³-hybridized carbons (Fsp3) is 0.391. The van der Waals surface area contributed by atoms with E-state index in [1.54, 1.807) is 24.3 Å². The molecule has 0 spiro atoms. The van der Waals surface area contributed by atoms with E-state index in [4.69, 9.17) is 37.9 Å². The van der Waals surface area contributed by atoms with Gasteiger partial charge in [0, 0.05) is 31.6 Å². The Hall–Kier alpha value is -3.66. The molecule has 1 unspecified atom stereocenters. The van der Waals surface area contributed by atoms with Gasteiger partial charge in [-0.1, -0.05) is 0 Å². The summed E-state index contributed by atoms with van der Waals surface area (Å²) in [6.07, 6.45) is 0. The Morgan fingerprint density at radius 3 is 2.24 bits per heavy atom. The zero-order valence-electron chi connectivity index (χ0n) is 18.5. The van der Waals surface area contributed by atoms with Crippen molar-refractivity contribution in [1.82, 2.24) is 0 Å². The number of carbonyl (C=O) groups excluding carboxylic acids is 2. The van der Waals surface area contributed by atoms with E-state index < -0.39 is 29.6 Å². The van der Waals surface area contributed by atoms with Crippen LogP contribution in [0.25, 0.3) is 0 Å². The van der Waals surface area contributed by atoms with Crippen molar-refractivity contribution in [2.24, 2.45) is 5.92 Å². The quantitative estimate of drug-likeness (QED) is 0.490. The number of hydrogen-bond donors (Lipinski definition) is 0. The topological polar surface area (TPSA) is 108 Å². The lowest BCUT2D eigenvalue weighted by Gasteiger charge is -2.41. The zero-order chi connectivity index (χ0) is 23.3. The number of methoxy groups -OCH3 is 3. The number of cyclic esters (lactones) is 1.